The molecule has 0 radical (unpaired) electrons. The molecule has 0 bridgehead atoms. The Morgan fingerprint density at radius 1 is 0.652 bits per heavy atom. The van der Waals surface area contributed by atoms with E-state index < -0.39 is 17.6 Å². The highest BCUT2D eigenvalue weighted by atomic mass is 19.1. The number of fused-ring (bicyclic) bond motifs is 4. The number of H-pyrrole nitrogens is 2. The van der Waals surface area contributed by atoms with Gasteiger partial charge in [-0.3, -0.25) is 33.6 Å². The number of carbonyl (C=O) groups excluding carboxylic acids is 7. The summed E-state index contributed by atoms with van der Waals surface area (Å²) < 4.78 is 26.3. The van der Waals surface area contributed by atoms with Crippen LogP contribution in [-0.4, -0.2) is 51.4 Å². The van der Waals surface area contributed by atoms with E-state index >= 15 is 0 Å². The van der Waals surface area contributed by atoms with Gasteiger partial charge in [0.25, 0.3) is 5.91 Å². The molecule has 0 spiro atoms. The van der Waals surface area contributed by atoms with Gasteiger partial charge in [0.15, 0.2) is 17.9 Å². The number of benzene rings is 4. The fraction of sp³-hybridized carbons (Fsp3) is 0.241. The Balaban J connectivity index is 0.000000158. The summed E-state index contributed by atoms with van der Waals surface area (Å²) in [5.74, 6) is -2.02. The minimum absolute atomic E-state index is 0.0586. The van der Waals surface area contributed by atoms with Crippen LogP contribution in [0.3, 0.4) is 0 Å². The number of primary amides is 2. The van der Waals surface area contributed by atoms with Gasteiger partial charge in [-0.2, -0.15) is 0 Å². The molecule has 0 saturated carbocycles. The molecule has 4 heterocycles. The molecule has 10 rings (SSSR count). The fourth-order valence-electron chi connectivity index (χ4n) is 9.83. The number of amides is 4. The average Bonchev–Trinajstić information content (AvgIpc) is 4.05. The third-order valence-corrected chi connectivity index (χ3v) is 13.4. The zero-order valence-corrected chi connectivity index (χ0v) is 38.0. The topological polar surface area (TPSA) is 227 Å². The number of carbonyl (C=O) groups is 7. The maximum atomic E-state index is 13.8. The number of aldehydes is 1. The molecular weight excluding hydrogens is 883 g/mol. The number of nitrogens with two attached hydrogens (primary N) is 2. The Labute approximate surface area is 396 Å². The highest BCUT2D eigenvalue weighted by Gasteiger charge is 2.30. The third kappa shape index (κ3) is 10.3. The number of halogens is 2. The first kappa shape index (κ1) is 47.4. The molecule has 4 amide bonds. The van der Waals surface area contributed by atoms with Crippen molar-refractivity contribution < 1.29 is 42.3 Å². The van der Waals surface area contributed by atoms with Crippen molar-refractivity contribution >= 4 is 64.5 Å². The molecule has 4 aromatic carbocycles. The third-order valence-electron chi connectivity index (χ3n) is 13.4. The standard InChI is InChI=1S/C27H24FN3O3.C19H20N2O3.C8H6FNO/c1-14-17-8-6-15(11-25(32)18-4-2-3-5-19(18)26(29)33)10-24(17)30-23(14)13-21-20-12-16(28)7-9-22(20)31-27(21)34;1-11-13-7-6-12(8-16(13)21-17(11)10-22)9-18(23)14-4-2-3-5-15(14)19(20)24;9-6-1-2-7-5(3-6)4-8(11)10-7/h2-5,7,9,12-13,15,30H,6,8,10-11H2,1H3,(H2,29,33)(H,31,34);2-5,10,12,21H,6-9H2,1H3,(H2,20,24);1-3H,4H2,(H,10,11)/b21-13-;;. The van der Waals surface area contributed by atoms with Crippen molar-refractivity contribution in [1.82, 2.24) is 9.97 Å². The van der Waals surface area contributed by atoms with Crippen molar-refractivity contribution in [3.05, 3.63) is 175 Å². The van der Waals surface area contributed by atoms with E-state index in [0.717, 1.165) is 77.8 Å². The lowest BCUT2D eigenvalue weighted by Gasteiger charge is -2.22. The van der Waals surface area contributed by atoms with Gasteiger partial charge in [-0.15, -0.1) is 0 Å². The number of Topliss-reactive ketones (excluding diaryl/α,β-unsaturated/α-hetero) is 2. The Kier molecular flexibility index (Phi) is 13.8. The van der Waals surface area contributed by atoms with Crippen LogP contribution in [0, 0.1) is 37.3 Å². The van der Waals surface area contributed by atoms with Crippen molar-refractivity contribution in [2.24, 2.45) is 23.3 Å². The van der Waals surface area contributed by atoms with Gasteiger partial charge in [0, 0.05) is 69.1 Å². The zero-order valence-electron chi connectivity index (χ0n) is 38.0. The molecule has 352 valence electrons. The van der Waals surface area contributed by atoms with Crippen molar-refractivity contribution in [2.75, 3.05) is 10.6 Å². The summed E-state index contributed by atoms with van der Waals surface area (Å²) in [6, 6.07) is 21.9. The number of rotatable bonds is 10. The minimum Gasteiger partial charge on any atom is -0.366 e. The summed E-state index contributed by atoms with van der Waals surface area (Å²) in [5.41, 5.74) is 23.2. The summed E-state index contributed by atoms with van der Waals surface area (Å²) in [6.45, 7) is 3.96. The van der Waals surface area contributed by atoms with Crippen molar-refractivity contribution in [3.8, 4) is 0 Å². The van der Waals surface area contributed by atoms with Gasteiger partial charge in [-0.1, -0.05) is 36.4 Å². The van der Waals surface area contributed by atoms with Gasteiger partial charge in [0.05, 0.1) is 17.7 Å². The lowest BCUT2D eigenvalue weighted by Crippen LogP contribution is -2.20. The van der Waals surface area contributed by atoms with Gasteiger partial charge in [-0.25, -0.2) is 8.78 Å². The Morgan fingerprint density at radius 3 is 1.68 bits per heavy atom. The van der Waals surface area contributed by atoms with E-state index in [4.69, 9.17) is 11.5 Å². The molecule has 2 unspecified atom stereocenters. The molecule has 2 atom stereocenters. The molecule has 69 heavy (non-hydrogen) atoms. The van der Waals surface area contributed by atoms with Crippen LogP contribution in [0.1, 0.15) is 128 Å². The molecule has 6 aromatic rings. The maximum Gasteiger partial charge on any atom is 0.256 e. The highest BCUT2D eigenvalue weighted by Crippen LogP contribution is 2.37. The number of hydrogen-bond acceptors (Lipinski definition) is 7. The predicted molar refractivity (Wildman–Crippen MR) is 257 cm³/mol. The summed E-state index contributed by atoms with van der Waals surface area (Å²) in [4.78, 5) is 89.7. The highest BCUT2D eigenvalue weighted by molar-refractivity contribution is 6.34. The first-order valence-electron chi connectivity index (χ1n) is 22.7. The van der Waals surface area contributed by atoms with E-state index in [0.29, 0.717) is 59.3 Å². The van der Waals surface area contributed by atoms with Crippen LogP contribution in [0.15, 0.2) is 84.9 Å². The number of hydrogen-bond donors (Lipinski definition) is 6. The molecule has 13 nitrogen and oxygen atoms in total. The van der Waals surface area contributed by atoms with E-state index in [1.165, 1.54) is 35.4 Å². The van der Waals surface area contributed by atoms with E-state index in [2.05, 4.69) is 20.6 Å². The van der Waals surface area contributed by atoms with Gasteiger partial charge < -0.3 is 32.1 Å². The van der Waals surface area contributed by atoms with Gasteiger partial charge in [0.1, 0.15) is 11.6 Å². The van der Waals surface area contributed by atoms with Crippen LogP contribution in [0.2, 0.25) is 0 Å². The van der Waals surface area contributed by atoms with E-state index in [1.807, 2.05) is 13.8 Å². The largest absolute Gasteiger partial charge is 0.366 e. The molecule has 2 aromatic heterocycles. The monoisotopic (exact) mass is 932 g/mol. The van der Waals surface area contributed by atoms with Crippen LogP contribution in [0.5, 0.6) is 0 Å². The number of aromatic nitrogens is 2. The van der Waals surface area contributed by atoms with E-state index in [-0.39, 0.29) is 52.2 Å². The predicted octanol–water partition coefficient (Wildman–Crippen LogP) is 8.36. The lowest BCUT2D eigenvalue weighted by atomic mass is 9.82. The van der Waals surface area contributed by atoms with E-state index in [1.54, 1.807) is 66.7 Å². The summed E-state index contributed by atoms with van der Waals surface area (Å²) in [6.07, 6.45) is 8.48. The molecule has 8 N–H and O–H groups in total. The van der Waals surface area contributed by atoms with Crippen molar-refractivity contribution in [2.45, 2.75) is 71.6 Å². The average molecular weight is 933 g/mol. The Morgan fingerprint density at radius 2 is 1.14 bits per heavy atom. The van der Waals surface area contributed by atoms with Gasteiger partial charge >= 0.3 is 0 Å². The Bertz CT molecular complexity index is 3130. The number of aromatic amines is 2. The van der Waals surface area contributed by atoms with Crippen molar-refractivity contribution in [1.29, 1.82) is 0 Å². The van der Waals surface area contributed by atoms with Crippen LogP contribution in [0.25, 0.3) is 11.6 Å². The van der Waals surface area contributed by atoms with Gasteiger partial charge in [0.2, 0.25) is 17.7 Å². The first-order chi connectivity index (χ1) is 33.1. The second-order valence-corrected chi connectivity index (χ2v) is 17.9. The molecule has 15 heteroatoms. The molecule has 0 fully saturated rings. The van der Waals surface area contributed by atoms with Crippen molar-refractivity contribution in [3.63, 3.8) is 0 Å². The SMILES string of the molecule is Cc1c(/C=C2\C(=O)Nc3ccc(F)cc32)[nH]c2c1CCC(CC(=O)c1ccccc1C(N)=O)C2.Cc1c(C=O)[nH]c2c1CCC(CC(=O)c1ccccc1C(N)=O)C2.O=C1Cc2cc(F)ccc2N1. The van der Waals surface area contributed by atoms with Crippen LogP contribution >= 0.6 is 0 Å². The maximum absolute atomic E-state index is 13.8. The number of ketones is 2. The van der Waals surface area contributed by atoms with Crippen LogP contribution < -0.4 is 22.1 Å². The normalized spacial score (nSPS) is 16.8. The Hall–Kier alpha value is -8.07. The zero-order chi connectivity index (χ0) is 49.1. The van der Waals surface area contributed by atoms with Crippen LogP contribution in [0.4, 0.5) is 20.2 Å². The number of anilines is 2. The molecular formula is C54H50F2N6O7. The lowest BCUT2D eigenvalue weighted by molar-refractivity contribution is -0.115. The second-order valence-electron chi connectivity index (χ2n) is 17.9. The first-order valence-corrected chi connectivity index (χ1v) is 22.7. The molecule has 0 saturated heterocycles. The van der Waals surface area contributed by atoms with E-state index in [9.17, 15) is 42.3 Å². The smallest absolute Gasteiger partial charge is 0.256 e. The second kappa shape index (κ2) is 20.0. The number of nitrogens with one attached hydrogen (secondary N) is 4. The molecule has 4 aliphatic rings. The van der Waals surface area contributed by atoms with Gasteiger partial charge in [-0.05, 0) is 147 Å². The molecule has 2 aliphatic heterocycles. The summed E-state index contributed by atoms with van der Waals surface area (Å²) >= 11 is 0. The van der Waals surface area contributed by atoms with Crippen LogP contribution in [-0.2, 0) is 41.7 Å². The fourth-order valence-corrected chi connectivity index (χ4v) is 9.83. The minimum atomic E-state index is -0.607. The quantitative estimate of drug-likeness (QED) is 0.0446. The molecule has 2 aliphatic carbocycles. The summed E-state index contributed by atoms with van der Waals surface area (Å²) in [7, 11) is 0. The summed E-state index contributed by atoms with van der Waals surface area (Å²) in [5, 5.41) is 5.39.